The summed E-state index contributed by atoms with van der Waals surface area (Å²) in [5.41, 5.74) is 1.83. The number of benzene rings is 1. The average Bonchev–Trinajstić information content (AvgIpc) is 3.30. The van der Waals surface area contributed by atoms with E-state index in [1.165, 1.54) is 0 Å². The molecule has 0 saturated heterocycles. The van der Waals surface area contributed by atoms with Gasteiger partial charge in [-0.1, -0.05) is 0 Å². The molecule has 4 rings (SSSR count). The van der Waals surface area contributed by atoms with Gasteiger partial charge in [0.2, 0.25) is 0 Å². The first-order valence-electron chi connectivity index (χ1n) is 8.63. The third kappa shape index (κ3) is 3.15. The van der Waals surface area contributed by atoms with E-state index in [0.717, 1.165) is 25.7 Å². The Labute approximate surface area is 149 Å². The third-order valence-corrected chi connectivity index (χ3v) is 4.91. The van der Waals surface area contributed by atoms with Gasteiger partial charge in [0.1, 0.15) is 5.52 Å². The lowest BCUT2D eigenvalue weighted by molar-refractivity contribution is 0.0599. The van der Waals surface area contributed by atoms with Crippen LogP contribution < -0.4 is 11.1 Å². The quantitative estimate of drug-likeness (QED) is 0.744. The van der Waals surface area contributed by atoms with Crippen molar-refractivity contribution in [3.8, 4) is 5.69 Å². The highest BCUT2D eigenvalue weighted by atomic mass is 16.5. The van der Waals surface area contributed by atoms with Gasteiger partial charge in [0, 0.05) is 31.6 Å². The lowest BCUT2D eigenvalue weighted by Gasteiger charge is -2.28. The number of H-pyrrole nitrogens is 1. The second-order valence-corrected chi connectivity index (χ2v) is 6.53. The van der Waals surface area contributed by atoms with E-state index in [-0.39, 0.29) is 18.1 Å². The van der Waals surface area contributed by atoms with Crippen LogP contribution in [-0.4, -0.2) is 39.7 Å². The van der Waals surface area contributed by atoms with Gasteiger partial charge in [-0.25, -0.2) is 9.78 Å². The van der Waals surface area contributed by atoms with E-state index in [4.69, 9.17) is 9.15 Å². The Morgan fingerprint density at radius 1 is 1.35 bits per heavy atom. The largest absolute Gasteiger partial charge is 0.417 e. The predicted molar refractivity (Wildman–Crippen MR) is 94.5 cm³/mol. The molecule has 8 heteroatoms. The van der Waals surface area contributed by atoms with E-state index in [9.17, 15) is 9.59 Å². The van der Waals surface area contributed by atoms with Crippen molar-refractivity contribution < 1.29 is 13.9 Å². The van der Waals surface area contributed by atoms with Crippen LogP contribution in [-0.2, 0) is 4.74 Å². The SMILES string of the molecule is COC1CCC(NC(=O)c2cc(-n3ccnc3)cc3oc(=O)[nH]c23)CC1. The molecule has 3 aromatic rings. The maximum Gasteiger partial charge on any atom is 0.417 e. The van der Waals surface area contributed by atoms with E-state index < -0.39 is 5.76 Å². The number of oxazole rings is 1. The Bertz CT molecular complexity index is 965. The summed E-state index contributed by atoms with van der Waals surface area (Å²) in [6, 6.07) is 3.53. The van der Waals surface area contributed by atoms with Crippen LogP contribution in [0.5, 0.6) is 0 Å². The molecule has 0 aliphatic heterocycles. The standard InChI is InChI=1S/C18H20N4O4/c1-25-13-4-2-11(3-5-13)20-17(23)14-8-12(22-7-6-19-10-22)9-15-16(14)21-18(24)26-15/h6-11,13H,2-5H2,1H3,(H,20,23)(H,21,24). The van der Waals surface area contributed by atoms with Gasteiger partial charge in [0.25, 0.3) is 5.91 Å². The maximum absolute atomic E-state index is 12.9. The van der Waals surface area contributed by atoms with Gasteiger partial charge < -0.3 is 19.0 Å². The number of carbonyl (C=O) groups is 1. The molecule has 2 aromatic heterocycles. The fourth-order valence-corrected chi connectivity index (χ4v) is 3.48. The number of ether oxygens (including phenoxy) is 1. The molecular weight excluding hydrogens is 336 g/mol. The number of methoxy groups -OCH3 is 1. The van der Waals surface area contributed by atoms with Gasteiger partial charge in [-0.05, 0) is 31.7 Å². The smallest absolute Gasteiger partial charge is 0.408 e. The fraction of sp³-hybridized carbons (Fsp3) is 0.389. The van der Waals surface area contributed by atoms with Crippen molar-refractivity contribution in [1.82, 2.24) is 19.9 Å². The van der Waals surface area contributed by atoms with Crippen molar-refractivity contribution in [2.24, 2.45) is 0 Å². The number of hydrogen-bond acceptors (Lipinski definition) is 5. The summed E-state index contributed by atoms with van der Waals surface area (Å²) in [4.78, 5) is 31.1. The first-order chi connectivity index (χ1) is 12.6. The molecule has 26 heavy (non-hydrogen) atoms. The van der Waals surface area contributed by atoms with Crippen LogP contribution in [0.25, 0.3) is 16.8 Å². The highest BCUT2D eigenvalue weighted by Crippen LogP contribution is 2.24. The van der Waals surface area contributed by atoms with Crippen molar-refractivity contribution >= 4 is 17.0 Å². The number of fused-ring (bicyclic) bond motifs is 1. The predicted octanol–water partition coefficient (Wildman–Crippen LogP) is 1.99. The molecule has 1 aliphatic rings. The second-order valence-electron chi connectivity index (χ2n) is 6.53. The monoisotopic (exact) mass is 356 g/mol. The first-order valence-corrected chi connectivity index (χ1v) is 8.63. The molecule has 1 saturated carbocycles. The summed E-state index contributed by atoms with van der Waals surface area (Å²) in [5.74, 6) is -0.813. The van der Waals surface area contributed by atoms with Crippen LogP contribution in [0, 0.1) is 0 Å². The number of hydrogen-bond donors (Lipinski definition) is 2. The zero-order chi connectivity index (χ0) is 18.1. The number of aromatic amines is 1. The number of rotatable bonds is 4. The molecule has 136 valence electrons. The van der Waals surface area contributed by atoms with Gasteiger partial charge in [0.05, 0.1) is 23.7 Å². The summed E-state index contributed by atoms with van der Waals surface area (Å²) in [7, 11) is 1.72. The molecule has 0 radical (unpaired) electrons. The van der Waals surface area contributed by atoms with Crippen LogP contribution in [0.3, 0.4) is 0 Å². The molecule has 1 aliphatic carbocycles. The molecule has 0 spiro atoms. The number of carbonyl (C=O) groups excluding carboxylic acids is 1. The summed E-state index contributed by atoms with van der Waals surface area (Å²) in [5, 5.41) is 3.07. The average molecular weight is 356 g/mol. The minimum Gasteiger partial charge on any atom is -0.408 e. The van der Waals surface area contributed by atoms with Crippen molar-refractivity contribution in [2.45, 2.75) is 37.8 Å². The van der Waals surface area contributed by atoms with Crippen molar-refractivity contribution in [2.75, 3.05) is 7.11 Å². The van der Waals surface area contributed by atoms with Crippen LogP contribution in [0.4, 0.5) is 0 Å². The molecule has 2 heterocycles. The van der Waals surface area contributed by atoms with Crippen molar-refractivity contribution in [3.05, 3.63) is 47.0 Å². The molecule has 2 N–H and O–H groups in total. The topological polar surface area (TPSA) is 102 Å². The van der Waals surface area contributed by atoms with E-state index >= 15 is 0 Å². The Balaban J connectivity index is 1.64. The molecule has 0 bridgehead atoms. The summed E-state index contributed by atoms with van der Waals surface area (Å²) >= 11 is 0. The molecule has 1 aromatic carbocycles. The van der Waals surface area contributed by atoms with E-state index in [1.54, 1.807) is 42.5 Å². The molecule has 0 unspecified atom stereocenters. The highest BCUT2D eigenvalue weighted by molar-refractivity contribution is 6.05. The number of aromatic nitrogens is 3. The van der Waals surface area contributed by atoms with Crippen LogP contribution in [0.1, 0.15) is 36.0 Å². The normalized spacial score (nSPS) is 20.3. The van der Waals surface area contributed by atoms with E-state index in [2.05, 4.69) is 15.3 Å². The Morgan fingerprint density at radius 2 is 2.15 bits per heavy atom. The number of imidazole rings is 1. The highest BCUT2D eigenvalue weighted by Gasteiger charge is 2.24. The lowest BCUT2D eigenvalue weighted by Crippen LogP contribution is -2.39. The molecular formula is C18H20N4O4. The molecule has 8 nitrogen and oxygen atoms in total. The number of nitrogens with zero attached hydrogens (tertiary/aromatic N) is 2. The minimum atomic E-state index is -0.586. The molecule has 1 fully saturated rings. The van der Waals surface area contributed by atoms with Crippen LogP contribution in [0.2, 0.25) is 0 Å². The molecule has 1 amide bonds. The zero-order valence-electron chi connectivity index (χ0n) is 14.4. The Morgan fingerprint density at radius 3 is 2.85 bits per heavy atom. The molecule has 0 atom stereocenters. The summed E-state index contributed by atoms with van der Waals surface area (Å²) in [6.07, 6.45) is 8.89. The maximum atomic E-state index is 12.9. The minimum absolute atomic E-state index is 0.0967. The van der Waals surface area contributed by atoms with E-state index in [0.29, 0.717) is 22.4 Å². The van der Waals surface area contributed by atoms with Crippen LogP contribution in [0.15, 0.2) is 40.1 Å². The van der Waals surface area contributed by atoms with Crippen LogP contribution >= 0.6 is 0 Å². The van der Waals surface area contributed by atoms with Gasteiger partial charge in [0.15, 0.2) is 5.58 Å². The summed E-state index contributed by atoms with van der Waals surface area (Å²) < 4.78 is 12.3. The number of amides is 1. The van der Waals surface area contributed by atoms with Crippen molar-refractivity contribution in [3.63, 3.8) is 0 Å². The van der Waals surface area contributed by atoms with Gasteiger partial charge in [-0.3, -0.25) is 9.78 Å². The number of nitrogens with one attached hydrogen (secondary N) is 2. The van der Waals surface area contributed by atoms with Gasteiger partial charge >= 0.3 is 5.76 Å². The second kappa shape index (κ2) is 6.80. The van der Waals surface area contributed by atoms with Crippen molar-refractivity contribution in [1.29, 1.82) is 0 Å². The third-order valence-electron chi connectivity index (χ3n) is 4.91. The van der Waals surface area contributed by atoms with Gasteiger partial charge in [-0.15, -0.1) is 0 Å². The Kier molecular flexibility index (Phi) is 4.34. The van der Waals surface area contributed by atoms with E-state index in [1.807, 2.05) is 0 Å². The zero-order valence-corrected chi connectivity index (χ0v) is 14.4. The lowest BCUT2D eigenvalue weighted by atomic mass is 9.92. The fourth-order valence-electron chi connectivity index (χ4n) is 3.48. The Hall–Kier alpha value is -2.87. The first kappa shape index (κ1) is 16.6. The van der Waals surface area contributed by atoms with Gasteiger partial charge in [-0.2, -0.15) is 0 Å². The summed E-state index contributed by atoms with van der Waals surface area (Å²) in [6.45, 7) is 0.